The van der Waals surface area contributed by atoms with Crippen molar-refractivity contribution in [1.29, 1.82) is 0 Å². The molecule has 0 N–H and O–H groups in total. The summed E-state index contributed by atoms with van der Waals surface area (Å²) in [6, 6.07) is 0.456. The molecule has 0 amide bonds. The third kappa shape index (κ3) is 2.61. The number of aldehydes is 1. The van der Waals surface area contributed by atoms with Crippen LogP contribution in [0.2, 0.25) is 0 Å². The molecule has 1 aromatic rings. The second kappa shape index (κ2) is 6.22. The standard InChI is InChI=1S/C15H22N2O2S/c1-2-5-11-14(10-18)20-15(16-11)17-8-9-19-13-7-4-3-6-12(13)17/h10,12-13H,2-9H2,1H3. The highest BCUT2D eigenvalue weighted by molar-refractivity contribution is 7.17. The van der Waals surface area contributed by atoms with E-state index in [0.29, 0.717) is 12.1 Å². The number of thiazole rings is 1. The average Bonchev–Trinajstić information content (AvgIpc) is 2.90. The summed E-state index contributed by atoms with van der Waals surface area (Å²) in [6.07, 6.45) is 8.13. The lowest BCUT2D eigenvalue weighted by Crippen LogP contribution is -2.52. The number of hydrogen-bond acceptors (Lipinski definition) is 5. The van der Waals surface area contributed by atoms with Gasteiger partial charge in [0.25, 0.3) is 0 Å². The smallest absolute Gasteiger partial charge is 0.186 e. The fourth-order valence-corrected chi connectivity index (χ4v) is 4.33. The Bertz CT molecular complexity index is 472. The molecule has 2 heterocycles. The van der Waals surface area contributed by atoms with Crippen LogP contribution < -0.4 is 4.90 Å². The van der Waals surface area contributed by atoms with Gasteiger partial charge in [-0.25, -0.2) is 4.98 Å². The van der Waals surface area contributed by atoms with E-state index in [0.717, 1.165) is 54.4 Å². The third-order valence-corrected chi connectivity index (χ3v) is 5.35. The molecule has 3 rings (SSSR count). The Morgan fingerprint density at radius 1 is 1.45 bits per heavy atom. The molecule has 1 aliphatic carbocycles. The summed E-state index contributed by atoms with van der Waals surface area (Å²) in [7, 11) is 0. The summed E-state index contributed by atoms with van der Waals surface area (Å²) in [4.78, 5) is 19.2. The van der Waals surface area contributed by atoms with Crippen LogP contribution in [0.3, 0.4) is 0 Å². The Labute approximate surface area is 124 Å². The number of hydrogen-bond donors (Lipinski definition) is 0. The quantitative estimate of drug-likeness (QED) is 0.800. The predicted molar refractivity (Wildman–Crippen MR) is 80.8 cm³/mol. The zero-order valence-corrected chi connectivity index (χ0v) is 12.8. The van der Waals surface area contributed by atoms with Gasteiger partial charge in [0.15, 0.2) is 11.4 Å². The first-order chi connectivity index (χ1) is 9.83. The first-order valence-electron chi connectivity index (χ1n) is 7.66. The largest absolute Gasteiger partial charge is 0.374 e. The van der Waals surface area contributed by atoms with E-state index in [1.165, 1.54) is 19.3 Å². The molecule has 0 radical (unpaired) electrons. The van der Waals surface area contributed by atoms with Crippen molar-refractivity contribution < 1.29 is 9.53 Å². The van der Waals surface area contributed by atoms with Crippen LogP contribution in [0, 0.1) is 0 Å². The molecule has 1 aliphatic heterocycles. The molecular weight excluding hydrogens is 272 g/mol. The van der Waals surface area contributed by atoms with Crippen molar-refractivity contribution in [1.82, 2.24) is 4.98 Å². The Kier molecular flexibility index (Phi) is 4.36. The molecule has 2 fully saturated rings. The van der Waals surface area contributed by atoms with Crippen molar-refractivity contribution in [2.45, 2.75) is 57.6 Å². The first-order valence-corrected chi connectivity index (χ1v) is 8.48. The molecule has 1 aromatic heterocycles. The van der Waals surface area contributed by atoms with Gasteiger partial charge in [-0.2, -0.15) is 0 Å². The number of carbonyl (C=O) groups excluding carboxylic acids is 1. The fraction of sp³-hybridized carbons (Fsp3) is 0.733. The Morgan fingerprint density at radius 3 is 3.10 bits per heavy atom. The summed E-state index contributed by atoms with van der Waals surface area (Å²) in [5.41, 5.74) is 0.973. The van der Waals surface area contributed by atoms with Gasteiger partial charge in [-0.15, -0.1) is 0 Å². The Morgan fingerprint density at radius 2 is 2.30 bits per heavy atom. The number of morpholine rings is 1. The molecule has 1 saturated carbocycles. The van der Waals surface area contributed by atoms with Gasteiger partial charge >= 0.3 is 0 Å². The highest BCUT2D eigenvalue weighted by atomic mass is 32.1. The molecule has 110 valence electrons. The number of nitrogens with zero attached hydrogens (tertiary/aromatic N) is 2. The predicted octanol–water partition coefficient (Wildman–Crippen LogP) is 3.06. The van der Waals surface area contributed by atoms with E-state index in [9.17, 15) is 4.79 Å². The van der Waals surface area contributed by atoms with Gasteiger partial charge in [-0.05, 0) is 19.3 Å². The van der Waals surface area contributed by atoms with E-state index < -0.39 is 0 Å². The lowest BCUT2D eigenvalue weighted by Gasteiger charge is -2.43. The topological polar surface area (TPSA) is 42.4 Å². The second-order valence-electron chi connectivity index (χ2n) is 5.63. The number of aromatic nitrogens is 1. The molecule has 4 nitrogen and oxygen atoms in total. The van der Waals surface area contributed by atoms with E-state index in [1.807, 2.05) is 0 Å². The van der Waals surface area contributed by atoms with E-state index >= 15 is 0 Å². The van der Waals surface area contributed by atoms with E-state index in [-0.39, 0.29) is 0 Å². The number of fused-ring (bicyclic) bond motifs is 1. The lowest BCUT2D eigenvalue weighted by atomic mass is 9.90. The molecule has 2 unspecified atom stereocenters. The maximum Gasteiger partial charge on any atom is 0.186 e. The molecule has 2 atom stereocenters. The van der Waals surface area contributed by atoms with Crippen LogP contribution >= 0.6 is 11.3 Å². The minimum absolute atomic E-state index is 0.357. The number of anilines is 1. The van der Waals surface area contributed by atoms with Crippen molar-refractivity contribution in [3.8, 4) is 0 Å². The molecule has 20 heavy (non-hydrogen) atoms. The van der Waals surface area contributed by atoms with Crippen LogP contribution in [-0.2, 0) is 11.2 Å². The maximum absolute atomic E-state index is 11.2. The van der Waals surface area contributed by atoms with Gasteiger partial charge < -0.3 is 9.64 Å². The minimum atomic E-state index is 0.357. The number of ether oxygens (including phenoxy) is 1. The van der Waals surface area contributed by atoms with Crippen LogP contribution in [0.5, 0.6) is 0 Å². The fourth-order valence-electron chi connectivity index (χ4n) is 3.32. The highest BCUT2D eigenvalue weighted by Gasteiger charge is 2.35. The van der Waals surface area contributed by atoms with Crippen molar-refractivity contribution >= 4 is 22.8 Å². The van der Waals surface area contributed by atoms with Crippen molar-refractivity contribution in [3.05, 3.63) is 10.6 Å². The van der Waals surface area contributed by atoms with Crippen LogP contribution in [0.25, 0.3) is 0 Å². The molecule has 0 bridgehead atoms. The Hall–Kier alpha value is -0.940. The van der Waals surface area contributed by atoms with Crippen LogP contribution in [-0.4, -0.2) is 36.6 Å². The minimum Gasteiger partial charge on any atom is -0.374 e. The van der Waals surface area contributed by atoms with E-state index in [4.69, 9.17) is 9.72 Å². The molecular formula is C15H22N2O2S. The molecule has 2 aliphatic rings. The van der Waals surface area contributed by atoms with Crippen molar-refractivity contribution in [3.63, 3.8) is 0 Å². The third-order valence-electron chi connectivity index (χ3n) is 4.29. The number of aryl methyl sites for hydroxylation is 1. The van der Waals surface area contributed by atoms with Gasteiger partial charge in [-0.1, -0.05) is 37.5 Å². The normalized spacial score (nSPS) is 26.4. The summed E-state index contributed by atoms with van der Waals surface area (Å²) in [6.45, 7) is 3.80. The number of rotatable bonds is 4. The number of carbonyl (C=O) groups is 1. The molecule has 0 aromatic carbocycles. The zero-order valence-electron chi connectivity index (χ0n) is 12.0. The van der Waals surface area contributed by atoms with Crippen LogP contribution in [0.15, 0.2) is 0 Å². The summed E-state index contributed by atoms with van der Waals surface area (Å²) >= 11 is 1.55. The summed E-state index contributed by atoms with van der Waals surface area (Å²) in [5.74, 6) is 0. The zero-order chi connectivity index (χ0) is 13.9. The van der Waals surface area contributed by atoms with Gasteiger partial charge in [-0.3, -0.25) is 4.79 Å². The average molecular weight is 294 g/mol. The SMILES string of the molecule is CCCc1nc(N2CCOC3CCCCC32)sc1C=O. The van der Waals surface area contributed by atoms with Crippen LogP contribution in [0.4, 0.5) is 5.13 Å². The van der Waals surface area contributed by atoms with Gasteiger partial charge in [0.1, 0.15) is 0 Å². The summed E-state index contributed by atoms with van der Waals surface area (Å²) < 4.78 is 5.91. The Balaban J connectivity index is 1.85. The van der Waals surface area contributed by atoms with Crippen molar-refractivity contribution in [2.75, 3.05) is 18.1 Å². The van der Waals surface area contributed by atoms with Gasteiger partial charge in [0.2, 0.25) is 0 Å². The van der Waals surface area contributed by atoms with Gasteiger partial charge in [0.05, 0.1) is 29.3 Å². The van der Waals surface area contributed by atoms with Crippen LogP contribution in [0.1, 0.15) is 54.4 Å². The van der Waals surface area contributed by atoms with E-state index in [2.05, 4.69) is 11.8 Å². The summed E-state index contributed by atoms with van der Waals surface area (Å²) in [5, 5.41) is 1.02. The first kappa shape index (κ1) is 14.0. The maximum atomic E-state index is 11.2. The molecule has 5 heteroatoms. The van der Waals surface area contributed by atoms with Crippen molar-refractivity contribution in [2.24, 2.45) is 0 Å². The monoisotopic (exact) mass is 294 g/mol. The van der Waals surface area contributed by atoms with E-state index in [1.54, 1.807) is 11.3 Å². The lowest BCUT2D eigenvalue weighted by molar-refractivity contribution is -0.00869. The highest BCUT2D eigenvalue weighted by Crippen LogP contribution is 2.35. The molecule has 0 spiro atoms. The second-order valence-corrected chi connectivity index (χ2v) is 6.64. The molecule has 1 saturated heterocycles. The van der Waals surface area contributed by atoms with Gasteiger partial charge in [0, 0.05) is 6.54 Å².